The van der Waals surface area contributed by atoms with Gasteiger partial charge in [-0.3, -0.25) is 14.4 Å². The highest BCUT2D eigenvalue weighted by Crippen LogP contribution is 2.39. The minimum absolute atomic E-state index is 0.0374. The molecule has 0 spiro atoms. The Kier molecular flexibility index (Phi) is 43.4. The first-order valence-corrected chi connectivity index (χ1v) is 25.3. The Morgan fingerprint density at radius 2 is 0.661 bits per heavy atom. The minimum Gasteiger partial charge on any atom is -0.481 e. The van der Waals surface area contributed by atoms with Crippen LogP contribution in [-0.2, 0) is 19.1 Å². The molecule has 344 valence electrons. The molecule has 0 aliphatic carbocycles. The van der Waals surface area contributed by atoms with Crippen molar-refractivity contribution in [2.24, 2.45) is 5.41 Å². The third-order valence-electron chi connectivity index (χ3n) is 12.2. The zero-order valence-electron chi connectivity index (χ0n) is 39.0. The van der Waals surface area contributed by atoms with Gasteiger partial charge in [0.25, 0.3) is 0 Å². The summed E-state index contributed by atoms with van der Waals surface area (Å²) in [6.07, 6.45) is 60.3. The zero-order chi connectivity index (χ0) is 43.2. The van der Waals surface area contributed by atoms with Gasteiger partial charge in [0, 0.05) is 12.8 Å². The molecule has 0 radical (unpaired) electrons. The summed E-state index contributed by atoms with van der Waals surface area (Å²) < 4.78 is 5.55. The molecule has 0 aromatic rings. The van der Waals surface area contributed by atoms with E-state index in [4.69, 9.17) is 14.9 Å². The smallest absolute Gasteiger partial charge is 0.311 e. The summed E-state index contributed by atoms with van der Waals surface area (Å²) in [4.78, 5) is 34.7. The number of carbonyl (C=O) groups is 3. The zero-order valence-corrected chi connectivity index (χ0v) is 39.0. The van der Waals surface area contributed by atoms with Crippen LogP contribution in [0, 0.1) is 5.41 Å². The summed E-state index contributed by atoms with van der Waals surface area (Å²) in [5, 5.41) is 17.5. The number of carboxylic acids is 2. The summed E-state index contributed by atoms with van der Waals surface area (Å²) in [6.45, 7) is 2.28. The lowest BCUT2D eigenvalue weighted by atomic mass is 9.74. The number of allylic oxidation sites excluding steroid dienone is 6. The summed E-state index contributed by atoms with van der Waals surface area (Å²) in [7, 11) is 1.60. The van der Waals surface area contributed by atoms with E-state index in [1.165, 1.54) is 135 Å². The number of ether oxygens (including phenoxy) is 1. The molecule has 0 aliphatic rings. The number of hydrogen-bond acceptors (Lipinski definition) is 4. The molecule has 0 rings (SSSR count). The van der Waals surface area contributed by atoms with Gasteiger partial charge in [0.1, 0.15) is 0 Å². The highest BCUT2D eigenvalue weighted by molar-refractivity contribution is 5.76. The van der Waals surface area contributed by atoms with E-state index >= 15 is 0 Å². The third-order valence-corrected chi connectivity index (χ3v) is 12.2. The van der Waals surface area contributed by atoms with Gasteiger partial charge in [0.15, 0.2) is 0 Å². The molecule has 6 heteroatoms. The van der Waals surface area contributed by atoms with E-state index in [1.54, 1.807) is 7.11 Å². The average Bonchev–Trinajstić information content (AvgIpc) is 3.22. The van der Waals surface area contributed by atoms with Crippen LogP contribution in [0.5, 0.6) is 0 Å². The largest absolute Gasteiger partial charge is 0.481 e. The summed E-state index contributed by atoms with van der Waals surface area (Å²) in [6, 6.07) is 0. The molecule has 0 aromatic heterocycles. The first-order valence-electron chi connectivity index (χ1n) is 25.3. The number of esters is 1. The molecular weight excluding hydrogens is 733 g/mol. The molecule has 0 saturated heterocycles. The lowest BCUT2D eigenvalue weighted by Gasteiger charge is -2.31. The molecule has 0 bridgehead atoms. The maximum Gasteiger partial charge on any atom is 0.311 e. The van der Waals surface area contributed by atoms with E-state index in [-0.39, 0.29) is 11.4 Å². The Bertz CT molecular complexity index is 1030. The van der Waals surface area contributed by atoms with E-state index in [0.29, 0.717) is 12.8 Å². The van der Waals surface area contributed by atoms with Crippen molar-refractivity contribution < 1.29 is 29.3 Å². The van der Waals surface area contributed by atoms with Crippen molar-refractivity contribution in [2.75, 3.05) is 7.11 Å². The number of carbonyl (C=O) groups excluding carboxylic acids is 1. The highest BCUT2D eigenvalue weighted by Gasteiger charge is 2.37. The Morgan fingerprint density at radius 1 is 0.390 bits per heavy atom. The first kappa shape index (κ1) is 56.6. The fourth-order valence-corrected chi connectivity index (χ4v) is 8.42. The van der Waals surface area contributed by atoms with Gasteiger partial charge in [-0.25, -0.2) is 0 Å². The first-order chi connectivity index (χ1) is 28.9. The van der Waals surface area contributed by atoms with Crippen LogP contribution in [0.2, 0.25) is 0 Å². The predicted octanol–water partition coefficient (Wildman–Crippen LogP) is 17.0. The van der Waals surface area contributed by atoms with E-state index in [2.05, 4.69) is 43.4 Å². The lowest BCUT2D eigenvalue weighted by Crippen LogP contribution is -2.32. The van der Waals surface area contributed by atoms with Crippen LogP contribution in [0.4, 0.5) is 0 Å². The monoisotopic (exact) mass is 829 g/mol. The van der Waals surface area contributed by atoms with Crippen LogP contribution in [0.1, 0.15) is 270 Å². The van der Waals surface area contributed by atoms with Crippen LogP contribution in [0.15, 0.2) is 36.5 Å². The van der Waals surface area contributed by atoms with Gasteiger partial charge in [-0.15, -0.1) is 0 Å². The van der Waals surface area contributed by atoms with Crippen LogP contribution in [0.3, 0.4) is 0 Å². The van der Waals surface area contributed by atoms with Gasteiger partial charge in [0.2, 0.25) is 0 Å². The number of hydrogen-bond donors (Lipinski definition) is 2. The number of rotatable bonds is 47. The molecule has 1 unspecified atom stereocenters. The number of carboxylic acid groups (broad SMARTS) is 2. The van der Waals surface area contributed by atoms with Gasteiger partial charge in [-0.1, -0.05) is 204 Å². The van der Waals surface area contributed by atoms with Gasteiger partial charge in [0.05, 0.1) is 12.5 Å². The lowest BCUT2D eigenvalue weighted by molar-refractivity contribution is -0.154. The quantitative estimate of drug-likeness (QED) is 0.0360. The van der Waals surface area contributed by atoms with Crippen molar-refractivity contribution in [1.29, 1.82) is 0 Å². The fraction of sp³-hybridized carbons (Fsp3) is 0.830. The van der Waals surface area contributed by atoms with Gasteiger partial charge in [-0.2, -0.15) is 0 Å². The molecule has 1 atom stereocenters. The molecule has 6 nitrogen and oxygen atoms in total. The second-order valence-corrected chi connectivity index (χ2v) is 17.7. The van der Waals surface area contributed by atoms with E-state index in [1.807, 2.05) is 0 Å². The SMILES string of the molecule is CCCCCCCCCCCCCCC(CCCCCC=CCC=CCCCCCCCC(=O)O)(CCCCCCCCC=CCCCCCCCC(=O)O)C(=O)OC. The fourth-order valence-electron chi connectivity index (χ4n) is 8.42. The summed E-state index contributed by atoms with van der Waals surface area (Å²) in [5.41, 5.74) is -0.324. The Morgan fingerprint density at radius 3 is 0.983 bits per heavy atom. The average molecular weight is 829 g/mol. The normalized spacial score (nSPS) is 12.9. The topological polar surface area (TPSA) is 101 Å². The second kappa shape index (κ2) is 45.2. The molecule has 0 fully saturated rings. The molecule has 2 N–H and O–H groups in total. The van der Waals surface area contributed by atoms with E-state index in [0.717, 1.165) is 116 Å². The summed E-state index contributed by atoms with van der Waals surface area (Å²) >= 11 is 0. The van der Waals surface area contributed by atoms with Crippen molar-refractivity contribution in [2.45, 2.75) is 270 Å². The van der Waals surface area contributed by atoms with Crippen molar-refractivity contribution in [3.8, 4) is 0 Å². The third kappa shape index (κ3) is 40.8. The summed E-state index contributed by atoms with van der Waals surface area (Å²) in [5.74, 6) is -1.33. The Balaban J connectivity index is 4.55. The van der Waals surface area contributed by atoms with Gasteiger partial charge >= 0.3 is 17.9 Å². The predicted molar refractivity (Wildman–Crippen MR) is 252 cm³/mol. The molecule has 0 saturated carbocycles. The number of aliphatic carboxylic acids is 2. The molecule has 59 heavy (non-hydrogen) atoms. The molecule has 0 aromatic carbocycles. The maximum absolute atomic E-state index is 13.5. The maximum atomic E-state index is 13.5. The van der Waals surface area contributed by atoms with Gasteiger partial charge in [-0.05, 0) is 89.9 Å². The second-order valence-electron chi connectivity index (χ2n) is 17.7. The van der Waals surface area contributed by atoms with Crippen LogP contribution >= 0.6 is 0 Å². The molecular formula is C53H96O6. The van der Waals surface area contributed by atoms with Crippen LogP contribution in [0.25, 0.3) is 0 Å². The Hall–Kier alpha value is -2.37. The standard InChI is InChI=1S/C53H96O6/c1-3-4-5-6-7-8-9-22-27-32-37-42-47-53(52(58)59-2,48-43-38-33-28-23-18-14-10-12-16-20-25-30-35-40-45-50(54)55)49-44-39-34-29-24-19-15-11-13-17-21-26-31-36-41-46-51(56)57/h10-13,18,23H,3-9,14-17,19-22,24-49H2,1-2H3,(H,54,55)(H,56,57). The Labute approximate surface area is 365 Å². The number of unbranched alkanes of at least 4 members (excludes halogenated alkanes) is 30. The van der Waals surface area contributed by atoms with E-state index < -0.39 is 11.9 Å². The highest BCUT2D eigenvalue weighted by atomic mass is 16.5. The van der Waals surface area contributed by atoms with Crippen molar-refractivity contribution in [3.63, 3.8) is 0 Å². The molecule has 0 heterocycles. The molecule has 0 aliphatic heterocycles. The van der Waals surface area contributed by atoms with Crippen molar-refractivity contribution in [3.05, 3.63) is 36.5 Å². The van der Waals surface area contributed by atoms with Crippen molar-refractivity contribution in [1.82, 2.24) is 0 Å². The van der Waals surface area contributed by atoms with Crippen LogP contribution < -0.4 is 0 Å². The van der Waals surface area contributed by atoms with Crippen molar-refractivity contribution >= 4 is 17.9 Å². The minimum atomic E-state index is -0.686. The van der Waals surface area contributed by atoms with E-state index in [9.17, 15) is 14.4 Å². The van der Waals surface area contributed by atoms with Crippen LogP contribution in [-0.4, -0.2) is 35.2 Å². The van der Waals surface area contributed by atoms with Gasteiger partial charge < -0.3 is 14.9 Å². The number of methoxy groups -OCH3 is 1. The molecule has 0 amide bonds.